The van der Waals surface area contributed by atoms with E-state index >= 15 is 0 Å². The maximum absolute atomic E-state index is 9.63. The monoisotopic (exact) mass is 329 g/mol. The maximum atomic E-state index is 9.63. The van der Waals surface area contributed by atoms with Crippen molar-refractivity contribution in [2.45, 2.75) is 12.2 Å². The van der Waals surface area contributed by atoms with Gasteiger partial charge >= 0.3 is 22.4 Å². The van der Waals surface area contributed by atoms with Crippen LogP contribution in [0.4, 0.5) is 0 Å². The molecule has 0 heterocycles. The average Bonchev–Trinajstić information content (AvgIpc) is 1.84. The molecule has 0 saturated carbocycles. The van der Waals surface area contributed by atoms with Crippen LogP contribution in [0, 0.1) is 0 Å². The van der Waals surface area contributed by atoms with Crippen LogP contribution in [0.15, 0.2) is 0 Å². The van der Waals surface area contributed by atoms with E-state index in [2.05, 4.69) is 0 Å². The van der Waals surface area contributed by atoms with E-state index in [4.69, 9.17) is 10.2 Å². The summed E-state index contributed by atoms with van der Waals surface area (Å²) in [6, 6.07) is 0. The molecule has 2 atom stereocenters. The number of carboxylic acid groups (broad SMARTS) is 2. The van der Waals surface area contributed by atoms with Gasteiger partial charge in [0.05, 0.1) is 11.9 Å². The fraction of sp³-hybridized carbons (Fsp3) is 0.500. The fourth-order valence-electron chi connectivity index (χ4n) is 0.258. The number of aliphatic hydroxyl groups excluding tert-OH is 2. The molecule has 0 aromatic rings. The number of carbonyl (C=O) groups excluding carboxylic acids is 2. The molecule has 11 heavy (non-hydrogen) atoms. The van der Waals surface area contributed by atoms with Gasteiger partial charge in [0.15, 0.2) is 0 Å². The Morgan fingerprint density at radius 2 is 1.18 bits per heavy atom. The van der Waals surface area contributed by atoms with Crippen molar-refractivity contribution in [1.82, 2.24) is 0 Å². The minimum atomic E-state index is -2.44. The fourth-order valence-corrected chi connectivity index (χ4v) is 0.258. The summed E-state index contributed by atoms with van der Waals surface area (Å²) in [4.78, 5) is 19.3. The van der Waals surface area contributed by atoms with Crippen molar-refractivity contribution in [2.24, 2.45) is 0 Å². The molecule has 0 aliphatic carbocycles. The summed E-state index contributed by atoms with van der Waals surface area (Å²) < 4.78 is 0. The summed E-state index contributed by atoms with van der Waals surface area (Å²) in [5, 5.41) is 35.7. The summed E-state index contributed by atoms with van der Waals surface area (Å²) in [6.45, 7) is 0. The van der Waals surface area contributed by atoms with Crippen molar-refractivity contribution in [3.05, 3.63) is 0 Å². The second kappa shape index (κ2) is 5.28. The van der Waals surface area contributed by atoms with E-state index in [9.17, 15) is 19.8 Å². The Balaban J connectivity index is 0. The van der Waals surface area contributed by atoms with E-state index in [-0.39, 0.29) is 22.4 Å². The van der Waals surface area contributed by atoms with Gasteiger partial charge in [-0.1, -0.05) is 0 Å². The topological polar surface area (TPSA) is 121 Å². The van der Waals surface area contributed by atoms with Gasteiger partial charge in [0.1, 0.15) is 12.2 Å². The molecular weight excluding hydrogens is 325 g/mol. The van der Waals surface area contributed by atoms with E-state index in [0.29, 0.717) is 0 Å². The molecule has 0 bridgehead atoms. The minimum absolute atomic E-state index is 0. The molecule has 0 spiro atoms. The zero-order chi connectivity index (χ0) is 8.31. The third-order valence-corrected chi connectivity index (χ3v) is 0.782. The molecule has 0 aromatic heterocycles. The van der Waals surface area contributed by atoms with Crippen LogP contribution in [-0.2, 0) is 32.0 Å². The summed E-state index contributed by atoms with van der Waals surface area (Å²) >= 11 is 0. The van der Waals surface area contributed by atoms with E-state index in [1.54, 1.807) is 0 Å². The van der Waals surface area contributed by atoms with Crippen LogP contribution in [-0.4, -0.2) is 34.4 Å². The third kappa shape index (κ3) is 4.12. The molecule has 1 radical (unpaired) electrons. The van der Waals surface area contributed by atoms with Crippen molar-refractivity contribution in [3.63, 3.8) is 0 Å². The van der Waals surface area contributed by atoms with Crippen LogP contribution >= 0.6 is 0 Å². The van der Waals surface area contributed by atoms with Crippen LogP contribution in [0.5, 0.6) is 0 Å². The standard InChI is InChI=1S/C4H6O6.Ta/c5-1(3(7)8)2(6)4(9)10;/h1-2,5-6H,(H,7,8)(H,9,10);/q;+2/p-2. The zero-order valence-corrected chi connectivity index (χ0v) is 8.34. The SMILES string of the molecule is O=C([O-])C(O)C(O)C(=O)[O-].[Ta+2]. The van der Waals surface area contributed by atoms with Crippen molar-refractivity contribution in [2.75, 3.05) is 0 Å². The molecule has 0 amide bonds. The van der Waals surface area contributed by atoms with Gasteiger partial charge in [-0.05, 0) is 0 Å². The average molecular weight is 329 g/mol. The Morgan fingerprint density at radius 3 is 1.27 bits per heavy atom. The summed E-state index contributed by atoms with van der Waals surface area (Å²) in [7, 11) is 0. The van der Waals surface area contributed by atoms with Crippen molar-refractivity contribution in [1.29, 1.82) is 0 Å². The van der Waals surface area contributed by atoms with Gasteiger partial charge in [-0.2, -0.15) is 0 Å². The molecule has 2 unspecified atom stereocenters. The molecule has 6 nitrogen and oxygen atoms in total. The second-order valence-electron chi connectivity index (χ2n) is 1.53. The summed E-state index contributed by atoms with van der Waals surface area (Å²) in [5.41, 5.74) is 0. The van der Waals surface area contributed by atoms with Crippen molar-refractivity contribution >= 4 is 11.9 Å². The van der Waals surface area contributed by atoms with Crippen LogP contribution in [0.2, 0.25) is 0 Å². The smallest absolute Gasteiger partial charge is 0.547 e. The van der Waals surface area contributed by atoms with Crippen LogP contribution in [0.3, 0.4) is 0 Å². The summed E-state index contributed by atoms with van der Waals surface area (Å²) in [5.74, 6) is -4.12. The Kier molecular flexibility index (Phi) is 6.34. The maximum Gasteiger partial charge on any atom is 2.00 e. The van der Waals surface area contributed by atoms with Gasteiger partial charge < -0.3 is 30.0 Å². The van der Waals surface area contributed by atoms with E-state index < -0.39 is 24.1 Å². The first-order chi connectivity index (χ1) is 4.46. The third-order valence-electron chi connectivity index (χ3n) is 0.782. The number of aliphatic carboxylic acids is 2. The Bertz CT molecular complexity index is 139. The van der Waals surface area contributed by atoms with Gasteiger partial charge in [-0.15, -0.1) is 0 Å². The number of hydrogen-bond donors (Lipinski definition) is 2. The molecule has 0 aliphatic heterocycles. The van der Waals surface area contributed by atoms with E-state index in [0.717, 1.165) is 0 Å². The predicted octanol–water partition coefficient (Wildman–Crippen LogP) is -4.79. The van der Waals surface area contributed by atoms with Gasteiger partial charge in [0.2, 0.25) is 0 Å². The molecule has 0 saturated heterocycles. The van der Waals surface area contributed by atoms with E-state index in [1.807, 2.05) is 0 Å². The molecule has 0 fully saturated rings. The van der Waals surface area contributed by atoms with Gasteiger partial charge in [0.25, 0.3) is 0 Å². The minimum Gasteiger partial charge on any atom is -0.547 e. The van der Waals surface area contributed by atoms with Crippen LogP contribution in [0.1, 0.15) is 0 Å². The first kappa shape index (κ1) is 13.2. The Morgan fingerprint density at radius 1 is 1.00 bits per heavy atom. The quantitative estimate of drug-likeness (QED) is 0.536. The Labute approximate surface area is 77.0 Å². The molecule has 0 aliphatic rings. The molecule has 61 valence electrons. The molecular formula is C4H4O6Ta. The zero-order valence-electron chi connectivity index (χ0n) is 5.13. The van der Waals surface area contributed by atoms with E-state index in [1.165, 1.54) is 0 Å². The normalized spacial score (nSPS) is 14.4. The molecule has 0 aromatic carbocycles. The second-order valence-corrected chi connectivity index (χ2v) is 1.53. The van der Waals surface area contributed by atoms with Crippen molar-refractivity contribution < 1.29 is 52.4 Å². The molecule has 2 N–H and O–H groups in total. The first-order valence-electron chi connectivity index (χ1n) is 2.24. The van der Waals surface area contributed by atoms with Gasteiger partial charge in [-0.25, -0.2) is 0 Å². The number of carboxylic acids is 2. The predicted molar refractivity (Wildman–Crippen MR) is 22.0 cm³/mol. The molecule has 0 rings (SSSR count). The number of hydrogen-bond acceptors (Lipinski definition) is 6. The number of carbonyl (C=O) groups is 2. The largest absolute Gasteiger partial charge is 2.00 e. The van der Waals surface area contributed by atoms with Crippen LogP contribution < -0.4 is 10.2 Å². The van der Waals surface area contributed by atoms with Gasteiger partial charge in [-0.3, -0.25) is 0 Å². The van der Waals surface area contributed by atoms with Crippen LogP contribution in [0.25, 0.3) is 0 Å². The Hall–Kier alpha value is -0.400. The van der Waals surface area contributed by atoms with Gasteiger partial charge in [0, 0.05) is 0 Å². The molecule has 7 heteroatoms. The first-order valence-corrected chi connectivity index (χ1v) is 2.24. The summed E-state index contributed by atoms with van der Waals surface area (Å²) in [6.07, 6.45) is -4.88. The van der Waals surface area contributed by atoms with Crippen molar-refractivity contribution in [3.8, 4) is 0 Å². The number of rotatable bonds is 3. The number of aliphatic hydroxyl groups is 2.